The van der Waals surface area contributed by atoms with Gasteiger partial charge in [-0.1, -0.05) is 18.2 Å². The highest BCUT2D eigenvalue weighted by Crippen LogP contribution is 2.27. The van der Waals surface area contributed by atoms with Crippen molar-refractivity contribution in [3.63, 3.8) is 0 Å². The molecule has 1 aromatic heterocycles. The van der Waals surface area contributed by atoms with E-state index in [9.17, 15) is 14.7 Å². The van der Waals surface area contributed by atoms with Gasteiger partial charge in [0.2, 0.25) is 0 Å². The first kappa shape index (κ1) is 16.3. The van der Waals surface area contributed by atoms with E-state index < -0.39 is 24.1 Å². The number of carbonyl (C=O) groups excluding carboxylic acids is 1. The first-order valence-corrected chi connectivity index (χ1v) is 7.48. The molecule has 24 heavy (non-hydrogen) atoms. The molecule has 0 spiro atoms. The number of hydrogen-bond donors (Lipinski definition) is 3. The van der Waals surface area contributed by atoms with Crippen LogP contribution < -0.4 is 11.0 Å². The van der Waals surface area contributed by atoms with Crippen LogP contribution in [0, 0.1) is 0 Å². The number of carbonyl (C=O) groups is 1. The molecule has 1 fully saturated rings. The molecule has 1 amide bonds. The van der Waals surface area contributed by atoms with Crippen molar-refractivity contribution in [3.8, 4) is 0 Å². The lowest BCUT2D eigenvalue weighted by Crippen LogP contribution is -2.28. The third kappa shape index (κ3) is 3.35. The maximum atomic E-state index is 12.1. The quantitative estimate of drug-likeness (QED) is 0.734. The summed E-state index contributed by atoms with van der Waals surface area (Å²) in [5.41, 5.74) is -0.159. The van der Waals surface area contributed by atoms with Gasteiger partial charge in [0.15, 0.2) is 0 Å². The van der Waals surface area contributed by atoms with Gasteiger partial charge in [-0.2, -0.15) is 4.98 Å². The average Bonchev–Trinajstić information content (AvgIpc) is 2.96. The van der Waals surface area contributed by atoms with Crippen LogP contribution >= 0.6 is 0 Å². The number of anilines is 1. The van der Waals surface area contributed by atoms with Crippen molar-refractivity contribution >= 4 is 11.7 Å². The Morgan fingerprint density at radius 3 is 2.71 bits per heavy atom. The molecule has 1 saturated heterocycles. The number of rotatable bonds is 4. The minimum Gasteiger partial charge on any atom is -0.394 e. The number of nitrogens with one attached hydrogen (secondary N) is 1. The van der Waals surface area contributed by atoms with Gasteiger partial charge in [-0.25, -0.2) is 4.79 Å². The molecule has 8 nitrogen and oxygen atoms in total. The summed E-state index contributed by atoms with van der Waals surface area (Å²) in [5.74, 6) is -0.240. The number of aliphatic hydroxyl groups is 2. The third-order valence-corrected chi connectivity index (χ3v) is 3.80. The summed E-state index contributed by atoms with van der Waals surface area (Å²) in [6.07, 6.45) is -0.643. The number of aromatic nitrogens is 2. The van der Waals surface area contributed by atoms with E-state index in [0.29, 0.717) is 5.56 Å². The van der Waals surface area contributed by atoms with E-state index in [-0.39, 0.29) is 24.8 Å². The third-order valence-electron chi connectivity index (χ3n) is 3.80. The molecular weight excluding hydrogens is 314 g/mol. The van der Waals surface area contributed by atoms with E-state index in [0.717, 1.165) is 0 Å². The van der Waals surface area contributed by atoms with Gasteiger partial charge in [0.25, 0.3) is 5.91 Å². The van der Waals surface area contributed by atoms with Gasteiger partial charge in [0.05, 0.1) is 12.7 Å². The fourth-order valence-corrected chi connectivity index (χ4v) is 2.53. The zero-order chi connectivity index (χ0) is 17.1. The minimum atomic E-state index is -0.843. The number of aliphatic hydroxyl groups excluding tert-OH is 2. The molecule has 3 atom stereocenters. The summed E-state index contributed by atoms with van der Waals surface area (Å²) in [7, 11) is 0. The number of amides is 1. The molecule has 1 aliphatic heterocycles. The van der Waals surface area contributed by atoms with Crippen LogP contribution in [0.5, 0.6) is 0 Å². The smallest absolute Gasteiger partial charge is 0.351 e. The molecule has 0 unspecified atom stereocenters. The van der Waals surface area contributed by atoms with Crippen LogP contribution in [-0.2, 0) is 4.74 Å². The molecule has 8 heteroatoms. The van der Waals surface area contributed by atoms with Crippen LogP contribution in [0.25, 0.3) is 0 Å². The molecule has 0 saturated carbocycles. The Morgan fingerprint density at radius 1 is 1.33 bits per heavy atom. The molecule has 126 valence electrons. The van der Waals surface area contributed by atoms with Crippen LogP contribution in [0.15, 0.2) is 47.4 Å². The van der Waals surface area contributed by atoms with Crippen LogP contribution in [0.3, 0.4) is 0 Å². The first-order valence-electron chi connectivity index (χ1n) is 7.48. The molecule has 3 rings (SSSR count). The normalized spacial score (nSPS) is 23.2. The van der Waals surface area contributed by atoms with Crippen molar-refractivity contribution < 1.29 is 19.7 Å². The fraction of sp³-hybridized carbons (Fsp3) is 0.312. The van der Waals surface area contributed by atoms with Crippen molar-refractivity contribution in [3.05, 3.63) is 58.6 Å². The predicted molar refractivity (Wildman–Crippen MR) is 84.5 cm³/mol. The lowest BCUT2D eigenvalue weighted by Gasteiger charge is -2.14. The Labute approximate surface area is 137 Å². The summed E-state index contributed by atoms with van der Waals surface area (Å²) in [4.78, 5) is 28.0. The van der Waals surface area contributed by atoms with Gasteiger partial charge in [-0.15, -0.1) is 0 Å². The van der Waals surface area contributed by atoms with Gasteiger partial charge < -0.3 is 20.3 Å². The Balaban J connectivity index is 1.74. The topological polar surface area (TPSA) is 114 Å². The molecule has 0 radical (unpaired) electrons. The predicted octanol–water partition coefficient (Wildman–Crippen LogP) is 0.136. The highest BCUT2D eigenvalue weighted by Gasteiger charge is 2.34. The first-order chi connectivity index (χ1) is 11.6. The Morgan fingerprint density at radius 2 is 2.08 bits per heavy atom. The second-order valence-corrected chi connectivity index (χ2v) is 5.44. The zero-order valence-corrected chi connectivity index (χ0v) is 12.7. The fourth-order valence-electron chi connectivity index (χ4n) is 2.53. The highest BCUT2D eigenvalue weighted by atomic mass is 16.5. The van der Waals surface area contributed by atoms with E-state index in [1.807, 2.05) is 0 Å². The second-order valence-electron chi connectivity index (χ2n) is 5.44. The largest absolute Gasteiger partial charge is 0.394 e. The molecule has 2 heterocycles. The maximum Gasteiger partial charge on any atom is 0.351 e. The monoisotopic (exact) mass is 331 g/mol. The van der Waals surface area contributed by atoms with E-state index in [2.05, 4.69) is 10.3 Å². The van der Waals surface area contributed by atoms with Crippen molar-refractivity contribution in [1.29, 1.82) is 0 Å². The van der Waals surface area contributed by atoms with Crippen LogP contribution in [-0.4, -0.2) is 44.5 Å². The standard InChI is InChI=1S/C16H17N3O5/c20-9-12-11(21)8-14(24-12)19-7-6-13(18-16(19)23)17-15(22)10-4-2-1-3-5-10/h1-7,11-12,14,20-21H,8-9H2,(H,17,18,22,23)/t11-,12-,14+/m1/s1. The van der Waals surface area contributed by atoms with Crippen LogP contribution in [0.4, 0.5) is 5.82 Å². The highest BCUT2D eigenvalue weighted by molar-refractivity contribution is 6.03. The van der Waals surface area contributed by atoms with Gasteiger partial charge in [0, 0.05) is 18.2 Å². The summed E-state index contributed by atoms with van der Waals surface area (Å²) in [5, 5.41) is 21.4. The Hall–Kier alpha value is -2.55. The molecule has 0 bridgehead atoms. The summed E-state index contributed by atoms with van der Waals surface area (Å²) in [6, 6.07) is 10.1. The number of benzene rings is 1. The Bertz CT molecular complexity index is 777. The summed E-state index contributed by atoms with van der Waals surface area (Å²) in [6.45, 7) is -0.328. The molecule has 3 N–H and O–H groups in total. The van der Waals surface area contributed by atoms with Crippen LogP contribution in [0.2, 0.25) is 0 Å². The lowest BCUT2D eigenvalue weighted by molar-refractivity contribution is -0.0458. The van der Waals surface area contributed by atoms with E-state index >= 15 is 0 Å². The van der Waals surface area contributed by atoms with Crippen molar-refractivity contribution in [2.75, 3.05) is 11.9 Å². The second kappa shape index (κ2) is 6.91. The zero-order valence-electron chi connectivity index (χ0n) is 12.7. The van der Waals surface area contributed by atoms with Gasteiger partial charge >= 0.3 is 5.69 Å². The molecule has 0 aliphatic carbocycles. The molecule has 1 aromatic carbocycles. The van der Waals surface area contributed by atoms with Crippen molar-refractivity contribution in [1.82, 2.24) is 9.55 Å². The molecule has 1 aliphatic rings. The van der Waals surface area contributed by atoms with Gasteiger partial charge in [-0.05, 0) is 18.2 Å². The summed E-state index contributed by atoms with van der Waals surface area (Å²) >= 11 is 0. The van der Waals surface area contributed by atoms with Crippen molar-refractivity contribution in [2.45, 2.75) is 24.9 Å². The SMILES string of the molecule is O=C(Nc1ccn([C@@H]2C[C@@H](O)[C@@H](CO)O2)c(=O)n1)c1ccccc1. The Kier molecular flexibility index (Phi) is 4.70. The number of ether oxygens (including phenoxy) is 1. The van der Waals surface area contributed by atoms with E-state index in [4.69, 9.17) is 9.84 Å². The van der Waals surface area contributed by atoms with Crippen molar-refractivity contribution in [2.24, 2.45) is 0 Å². The van der Waals surface area contributed by atoms with Gasteiger partial charge in [0.1, 0.15) is 18.1 Å². The average molecular weight is 331 g/mol. The van der Waals surface area contributed by atoms with E-state index in [1.165, 1.54) is 16.8 Å². The number of hydrogen-bond acceptors (Lipinski definition) is 6. The number of nitrogens with zero attached hydrogens (tertiary/aromatic N) is 2. The van der Waals surface area contributed by atoms with Crippen LogP contribution in [0.1, 0.15) is 23.0 Å². The summed E-state index contributed by atoms with van der Waals surface area (Å²) < 4.78 is 6.63. The molecule has 2 aromatic rings. The minimum absolute atomic E-state index is 0.127. The van der Waals surface area contributed by atoms with Gasteiger partial charge in [-0.3, -0.25) is 9.36 Å². The molecular formula is C16H17N3O5. The maximum absolute atomic E-state index is 12.1. The van der Waals surface area contributed by atoms with E-state index in [1.54, 1.807) is 30.3 Å². The lowest BCUT2D eigenvalue weighted by atomic mass is 10.2.